The molecule has 2 aromatic rings. The summed E-state index contributed by atoms with van der Waals surface area (Å²) in [5, 5.41) is 0.671. The first-order chi connectivity index (χ1) is 9.75. The van der Waals surface area contributed by atoms with E-state index in [0.717, 1.165) is 18.7 Å². The highest BCUT2D eigenvalue weighted by molar-refractivity contribution is 8.13. The molecule has 0 saturated heterocycles. The predicted molar refractivity (Wildman–Crippen MR) is 89.1 cm³/mol. The Labute approximate surface area is 125 Å². The van der Waals surface area contributed by atoms with Gasteiger partial charge in [-0.1, -0.05) is 66.4 Å². The van der Waals surface area contributed by atoms with Gasteiger partial charge in [0.15, 0.2) is 5.17 Å². The van der Waals surface area contributed by atoms with Gasteiger partial charge in [0.1, 0.15) is 0 Å². The second kappa shape index (κ2) is 7.75. The van der Waals surface area contributed by atoms with Gasteiger partial charge in [0.2, 0.25) is 0 Å². The van der Waals surface area contributed by atoms with Gasteiger partial charge in [-0.2, -0.15) is 0 Å². The topological polar surface area (TPSA) is 38.4 Å². The Morgan fingerprint density at radius 3 is 2.50 bits per heavy atom. The average Bonchev–Trinajstić information content (AvgIpc) is 2.47. The maximum atomic E-state index is 5.95. The summed E-state index contributed by atoms with van der Waals surface area (Å²) < 4.78 is 0. The molecular formula is C17H20N2S. The molecule has 0 bridgehead atoms. The van der Waals surface area contributed by atoms with E-state index < -0.39 is 0 Å². The number of thioether (sulfide) groups is 1. The molecule has 0 aliphatic rings. The van der Waals surface area contributed by atoms with Gasteiger partial charge in [0.25, 0.3) is 0 Å². The van der Waals surface area contributed by atoms with Gasteiger partial charge in [-0.15, -0.1) is 0 Å². The maximum Gasteiger partial charge on any atom is 0.154 e. The fourth-order valence-electron chi connectivity index (χ4n) is 1.91. The minimum Gasteiger partial charge on any atom is -0.379 e. The van der Waals surface area contributed by atoms with E-state index in [4.69, 9.17) is 5.73 Å². The Balaban J connectivity index is 1.78. The molecule has 0 fully saturated rings. The molecule has 0 amide bonds. The number of aliphatic imine (C=N–C) groups is 1. The van der Waals surface area contributed by atoms with Crippen molar-refractivity contribution in [2.45, 2.75) is 19.1 Å². The van der Waals surface area contributed by atoms with Crippen LogP contribution in [0.4, 0.5) is 0 Å². The standard InChI is InChI=1S/C17H20N2S/c1-14-7-5-6-10-16(14)13-20-17(18)19-12-11-15-8-3-2-4-9-15/h2-10H,11-13H2,1H3,(H2,18,19). The van der Waals surface area contributed by atoms with Crippen molar-refractivity contribution in [3.05, 3.63) is 71.3 Å². The minimum absolute atomic E-state index is 0.671. The van der Waals surface area contributed by atoms with E-state index in [1.165, 1.54) is 16.7 Å². The number of nitrogens with two attached hydrogens (primary N) is 1. The van der Waals surface area contributed by atoms with E-state index in [-0.39, 0.29) is 0 Å². The highest BCUT2D eigenvalue weighted by Crippen LogP contribution is 2.15. The third kappa shape index (κ3) is 4.74. The van der Waals surface area contributed by atoms with Crippen LogP contribution in [0.25, 0.3) is 0 Å². The molecule has 0 aromatic heterocycles. The van der Waals surface area contributed by atoms with Crippen LogP contribution in [-0.4, -0.2) is 11.7 Å². The molecule has 0 aliphatic heterocycles. The largest absolute Gasteiger partial charge is 0.379 e. The fourth-order valence-corrected chi connectivity index (χ4v) is 2.72. The van der Waals surface area contributed by atoms with Crippen molar-refractivity contribution in [3.63, 3.8) is 0 Å². The molecule has 0 aliphatic carbocycles. The smallest absolute Gasteiger partial charge is 0.154 e. The Kier molecular flexibility index (Phi) is 5.69. The highest BCUT2D eigenvalue weighted by Gasteiger charge is 1.99. The van der Waals surface area contributed by atoms with Crippen molar-refractivity contribution in [1.82, 2.24) is 0 Å². The number of hydrogen-bond acceptors (Lipinski definition) is 2. The SMILES string of the molecule is Cc1ccccc1CSC(N)=NCCc1ccccc1. The van der Waals surface area contributed by atoms with Crippen LogP contribution < -0.4 is 5.73 Å². The molecule has 2 rings (SSSR count). The molecule has 20 heavy (non-hydrogen) atoms. The van der Waals surface area contributed by atoms with Crippen LogP contribution in [0, 0.1) is 6.92 Å². The molecule has 0 atom stereocenters. The van der Waals surface area contributed by atoms with E-state index in [9.17, 15) is 0 Å². The van der Waals surface area contributed by atoms with Crippen LogP contribution in [0.15, 0.2) is 59.6 Å². The molecule has 0 radical (unpaired) electrons. The first-order valence-corrected chi connectivity index (χ1v) is 7.75. The lowest BCUT2D eigenvalue weighted by atomic mass is 10.1. The molecular weight excluding hydrogens is 264 g/mol. The zero-order valence-corrected chi connectivity index (χ0v) is 12.6. The van der Waals surface area contributed by atoms with E-state index in [0.29, 0.717) is 5.17 Å². The summed E-state index contributed by atoms with van der Waals surface area (Å²) in [7, 11) is 0. The lowest BCUT2D eigenvalue weighted by molar-refractivity contribution is 0.970. The molecule has 3 heteroatoms. The van der Waals surface area contributed by atoms with Crippen molar-refractivity contribution < 1.29 is 0 Å². The zero-order chi connectivity index (χ0) is 14.2. The van der Waals surface area contributed by atoms with Crippen molar-refractivity contribution in [2.24, 2.45) is 10.7 Å². The number of hydrogen-bond donors (Lipinski definition) is 1. The van der Waals surface area contributed by atoms with Gasteiger partial charge in [-0.25, -0.2) is 0 Å². The Morgan fingerprint density at radius 1 is 1.05 bits per heavy atom. The number of rotatable bonds is 5. The summed E-state index contributed by atoms with van der Waals surface area (Å²) in [6, 6.07) is 18.7. The number of amidine groups is 1. The van der Waals surface area contributed by atoms with Gasteiger partial charge in [-0.3, -0.25) is 4.99 Å². The fraction of sp³-hybridized carbons (Fsp3) is 0.235. The monoisotopic (exact) mass is 284 g/mol. The predicted octanol–water partition coefficient (Wildman–Crippen LogP) is 3.79. The van der Waals surface area contributed by atoms with Gasteiger partial charge >= 0.3 is 0 Å². The third-order valence-electron chi connectivity index (χ3n) is 3.15. The van der Waals surface area contributed by atoms with Gasteiger partial charge in [0, 0.05) is 12.3 Å². The summed E-state index contributed by atoms with van der Waals surface area (Å²) in [4.78, 5) is 4.42. The normalized spacial score (nSPS) is 11.6. The van der Waals surface area contributed by atoms with E-state index >= 15 is 0 Å². The molecule has 0 saturated carbocycles. The molecule has 0 heterocycles. The second-order valence-corrected chi connectivity index (χ2v) is 5.67. The summed E-state index contributed by atoms with van der Waals surface area (Å²) in [5.41, 5.74) is 9.87. The van der Waals surface area contributed by atoms with Crippen molar-refractivity contribution >= 4 is 16.9 Å². The number of nitrogens with zero attached hydrogens (tertiary/aromatic N) is 1. The highest BCUT2D eigenvalue weighted by atomic mass is 32.2. The summed E-state index contributed by atoms with van der Waals surface area (Å²) in [6.45, 7) is 2.87. The van der Waals surface area contributed by atoms with Crippen molar-refractivity contribution in [3.8, 4) is 0 Å². The van der Waals surface area contributed by atoms with Crippen molar-refractivity contribution in [1.29, 1.82) is 0 Å². The van der Waals surface area contributed by atoms with Crippen LogP contribution in [0.5, 0.6) is 0 Å². The van der Waals surface area contributed by atoms with Gasteiger partial charge in [0.05, 0.1) is 0 Å². The quantitative estimate of drug-likeness (QED) is 0.670. The van der Waals surface area contributed by atoms with Crippen LogP contribution >= 0.6 is 11.8 Å². The molecule has 0 spiro atoms. The van der Waals surface area contributed by atoms with Gasteiger partial charge < -0.3 is 5.73 Å². The van der Waals surface area contributed by atoms with Gasteiger partial charge in [-0.05, 0) is 30.0 Å². The molecule has 2 nitrogen and oxygen atoms in total. The van der Waals surface area contributed by atoms with Crippen LogP contribution in [0.2, 0.25) is 0 Å². The lowest BCUT2D eigenvalue weighted by Crippen LogP contribution is -2.08. The minimum atomic E-state index is 0.671. The Morgan fingerprint density at radius 2 is 1.75 bits per heavy atom. The van der Waals surface area contributed by atoms with Crippen molar-refractivity contribution in [2.75, 3.05) is 6.54 Å². The molecule has 2 aromatic carbocycles. The Hall–Kier alpha value is -1.74. The second-order valence-electron chi connectivity index (χ2n) is 4.67. The number of benzene rings is 2. The lowest BCUT2D eigenvalue weighted by Gasteiger charge is -2.05. The third-order valence-corrected chi connectivity index (χ3v) is 4.03. The van der Waals surface area contributed by atoms with Crippen LogP contribution in [0.3, 0.4) is 0 Å². The van der Waals surface area contributed by atoms with E-state index in [2.05, 4.69) is 60.4 Å². The molecule has 0 unspecified atom stereocenters. The van der Waals surface area contributed by atoms with Crippen LogP contribution in [0.1, 0.15) is 16.7 Å². The maximum absolute atomic E-state index is 5.95. The molecule has 104 valence electrons. The summed E-state index contributed by atoms with van der Waals surface area (Å²) in [5.74, 6) is 0.882. The summed E-state index contributed by atoms with van der Waals surface area (Å²) in [6.07, 6.45) is 0.937. The summed E-state index contributed by atoms with van der Waals surface area (Å²) >= 11 is 1.61. The Bertz CT molecular complexity index is 564. The first kappa shape index (κ1) is 14.7. The first-order valence-electron chi connectivity index (χ1n) is 6.77. The number of aryl methyl sites for hydroxylation is 1. The zero-order valence-electron chi connectivity index (χ0n) is 11.8. The van der Waals surface area contributed by atoms with E-state index in [1.54, 1.807) is 11.8 Å². The van der Waals surface area contributed by atoms with E-state index in [1.807, 2.05) is 6.07 Å². The molecule has 2 N–H and O–H groups in total. The van der Waals surface area contributed by atoms with Crippen LogP contribution in [-0.2, 0) is 12.2 Å². The average molecular weight is 284 g/mol.